The summed E-state index contributed by atoms with van der Waals surface area (Å²) < 4.78 is 2.12. The third-order valence-electron chi connectivity index (χ3n) is 4.44. The van der Waals surface area contributed by atoms with Crippen LogP contribution < -0.4 is 10.6 Å². The van der Waals surface area contributed by atoms with Gasteiger partial charge in [-0.1, -0.05) is 32.9 Å². The van der Waals surface area contributed by atoms with Crippen LogP contribution in [-0.4, -0.2) is 38.6 Å². The van der Waals surface area contributed by atoms with E-state index in [1.54, 1.807) is 0 Å². The van der Waals surface area contributed by atoms with E-state index in [1.165, 1.54) is 0 Å². The number of anilines is 1. The van der Waals surface area contributed by atoms with Crippen LogP contribution in [0, 0.1) is 5.41 Å². The van der Waals surface area contributed by atoms with Crippen LogP contribution in [-0.2, 0) is 13.0 Å². The zero-order valence-corrected chi connectivity index (χ0v) is 14.9. The molecule has 3 rings (SSSR count). The van der Waals surface area contributed by atoms with E-state index in [0.29, 0.717) is 5.69 Å². The van der Waals surface area contributed by atoms with Crippen molar-refractivity contribution >= 4 is 11.7 Å². The van der Waals surface area contributed by atoms with Gasteiger partial charge in [-0.25, -0.2) is 4.79 Å². The fourth-order valence-electron chi connectivity index (χ4n) is 2.77. The number of aromatic nitrogens is 3. The number of hydrogen-bond acceptors (Lipinski definition) is 4. The lowest BCUT2D eigenvalue weighted by Gasteiger charge is -2.25. The number of nitrogens with one attached hydrogen (secondary N) is 2. The first kappa shape index (κ1) is 17.4. The van der Waals surface area contributed by atoms with E-state index in [1.807, 2.05) is 45.0 Å². The highest BCUT2D eigenvalue weighted by molar-refractivity contribution is 5.89. The third kappa shape index (κ3) is 3.99. The Bertz CT molecular complexity index is 763. The average Bonchev–Trinajstić information content (AvgIpc) is 3.15. The number of carbonyl (C=O) groups excluding carboxylic acids is 1. The molecule has 7 nitrogen and oxygen atoms in total. The Balaban J connectivity index is 1.65. The van der Waals surface area contributed by atoms with Gasteiger partial charge in [0.2, 0.25) is 0 Å². The second kappa shape index (κ2) is 6.84. The Morgan fingerprint density at radius 1 is 1.36 bits per heavy atom. The summed E-state index contributed by atoms with van der Waals surface area (Å²) in [7, 11) is 0. The summed E-state index contributed by atoms with van der Waals surface area (Å²) in [6, 6.07) is 7.21. The summed E-state index contributed by atoms with van der Waals surface area (Å²) in [4.78, 5) is 12.1. The van der Waals surface area contributed by atoms with E-state index >= 15 is 0 Å². The Hall–Kier alpha value is -2.41. The first-order valence-electron chi connectivity index (χ1n) is 8.60. The number of benzene rings is 1. The Labute approximate surface area is 147 Å². The van der Waals surface area contributed by atoms with E-state index in [2.05, 4.69) is 25.4 Å². The standard InChI is InChI=1S/C18H25N5O2/c1-18(2,3)14(24)11-19-17(25)20-13-7-4-6-12(10-13)16-22-21-15-8-5-9-23(15)16/h4,6-7,10,14,24H,5,8-9,11H2,1-3H3,(H2,19,20,25). The zero-order chi connectivity index (χ0) is 18.0. The van der Waals surface area contributed by atoms with Crippen molar-refractivity contribution in [2.45, 2.75) is 46.3 Å². The molecular formula is C18H25N5O2. The Kier molecular flexibility index (Phi) is 4.76. The largest absolute Gasteiger partial charge is 0.391 e. The molecule has 0 spiro atoms. The van der Waals surface area contributed by atoms with Gasteiger partial charge in [0.05, 0.1) is 6.10 Å². The quantitative estimate of drug-likeness (QED) is 0.795. The van der Waals surface area contributed by atoms with Crippen LogP contribution in [0.2, 0.25) is 0 Å². The van der Waals surface area contributed by atoms with Crippen molar-refractivity contribution in [1.82, 2.24) is 20.1 Å². The van der Waals surface area contributed by atoms with Gasteiger partial charge in [0.15, 0.2) is 5.82 Å². The van der Waals surface area contributed by atoms with Gasteiger partial charge in [-0.2, -0.15) is 0 Å². The monoisotopic (exact) mass is 343 g/mol. The van der Waals surface area contributed by atoms with Crippen LogP contribution in [0.25, 0.3) is 11.4 Å². The smallest absolute Gasteiger partial charge is 0.319 e. The van der Waals surface area contributed by atoms with Gasteiger partial charge in [0, 0.05) is 30.8 Å². The van der Waals surface area contributed by atoms with Crippen molar-refractivity contribution in [1.29, 1.82) is 0 Å². The van der Waals surface area contributed by atoms with Gasteiger partial charge in [-0.15, -0.1) is 10.2 Å². The summed E-state index contributed by atoms with van der Waals surface area (Å²) in [6.45, 7) is 6.92. The van der Waals surface area contributed by atoms with E-state index in [0.717, 1.165) is 36.6 Å². The molecule has 1 aliphatic heterocycles. The molecule has 1 aromatic carbocycles. The number of aryl methyl sites for hydroxylation is 1. The third-order valence-corrected chi connectivity index (χ3v) is 4.44. The molecule has 0 saturated heterocycles. The molecule has 7 heteroatoms. The van der Waals surface area contributed by atoms with E-state index in [4.69, 9.17) is 0 Å². The number of nitrogens with zero attached hydrogens (tertiary/aromatic N) is 3. The van der Waals surface area contributed by atoms with Crippen LogP contribution in [0.3, 0.4) is 0 Å². The second-order valence-electron chi connectivity index (χ2n) is 7.49. The van der Waals surface area contributed by atoms with Crippen LogP contribution in [0.5, 0.6) is 0 Å². The molecule has 1 unspecified atom stereocenters. The number of carbonyl (C=O) groups is 1. The number of fused-ring (bicyclic) bond motifs is 1. The van der Waals surface area contributed by atoms with E-state index in [-0.39, 0.29) is 18.0 Å². The molecule has 2 aromatic rings. The summed E-state index contributed by atoms with van der Waals surface area (Å²) in [6.07, 6.45) is 1.45. The predicted octanol–water partition coefficient (Wildman–Crippen LogP) is 2.42. The highest BCUT2D eigenvalue weighted by atomic mass is 16.3. The minimum atomic E-state index is -0.608. The fourth-order valence-corrected chi connectivity index (χ4v) is 2.77. The number of aliphatic hydroxyl groups excluding tert-OH is 1. The van der Waals surface area contributed by atoms with Crippen molar-refractivity contribution in [2.75, 3.05) is 11.9 Å². The van der Waals surface area contributed by atoms with Crippen molar-refractivity contribution in [3.05, 3.63) is 30.1 Å². The molecule has 134 valence electrons. The van der Waals surface area contributed by atoms with Gasteiger partial charge in [-0.05, 0) is 24.0 Å². The van der Waals surface area contributed by atoms with Gasteiger partial charge in [-0.3, -0.25) is 0 Å². The zero-order valence-electron chi connectivity index (χ0n) is 14.9. The lowest BCUT2D eigenvalue weighted by Crippen LogP contribution is -2.40. The molecule has 25 heavy (non-hydrogen) atoms. The summed E-state index contributed by atoms with van der Waals surface area (Å²) in [5.41, 5.74) is 1.32. The minimum absolute atomic E-state index is 0.201. The lowest BCUT2D eigenvalue weighted by molar-refractivity contribution is 0.0654. The molecule has 3 N–H and O–H groups in total. The number of rotatable bonds is 4. The summed E-state index contributed by atoms with van der Waals surface area (Å²) >= 11 is 0. The molecule has 1 atom stereocenters. The predicted molar refractivity (Wildman–Crippen MR) is 96.3 cm³/mol. The van der Waals surface area contributed by atoms with Gasteiger partial charge < -0.3 is 20.3 Å². The molecule has 0 fully saturated rings. The SMILES string of the molecule is CC(C)(C)C(O)CNC(=O)Nc1cccc(-c2nnc3n2CCC3)c1. The van der Waals surface area contributed by atoms with Crippen LogP contribution in [0.4, 0.5) is 10.5 Å². The van der Waals surface area contributed by atoms with Gasteiger partial charge in [0.1, 0.15) is 5.82 Å². The summed E-state index contributed by atoms with van der Waals surface area (Å²) in [5, 5.41) is 24.0. The molecule has 0 radical (unpaired) electrons. The van der Waals surface area contributed by atoms with Crippen molar-refractivity contribution in [3.8, 4) is 11.4 Å². The minimum Gasteiger partial charge on any atom is -0.391 e. The highest BCUT2D eigenvalue weighted by Gasteiger charge is 2.22. The van der Waals surface area contributed by atoms with Crippen LogP contribution >= 0.6 is 0 Å². The second-order valence-corrected chi connectivity index (χ2v) is 7.49. The Morgan fingerprint density at radius 3 is 2.92 bits per heavy atom. The van der Waals surface area contributed by atoms with Crippen molar-refractivity contribution in [2.24, 2.45) is 5.41 Å². The maximum absolute atomic E-state index is 12.1. The normalized spacial score (nSPS) is 14.9. The number of aliphatic hydroxyl groups is 1. The molecule has 0 bridgehead atoms. The number of amides is 2. The highest BCUT2D eigenvalue weighted by Crippen LogP contribution is 2.25. The van der Waals surface area contributed by atoms with Gasteiger partial charge >= 0.3 is 6.03 Å². The van der Waals surface area contributed by atoms with E-state index < -0.39 is 6.10 Å². The summed E-state index contributed by atoms with van der Waals surface area (Å²) in [5.74, 6) is 1.85. The first-order chi connectivity index (χ1) is 11.8. The molecule has 1 aromatic heterocycles. The molecule has 2 heterocycles. The fraction of sp³-hybridized carbons (Fsp3) is 0.500. The maximum Gasteiger partial charge on any atom is 0.319 e. The van der Waals surface area contributed by atoms with Crippen LogP contribution in [0.1, 0.15) is 33.0 Å². The first-order valence-corrected chi connectivity index (χ1v) is 8.60. The van der Waals surface area contributed by atoms with Crippen molar-refractivity contribution in [3.63, 3.8) is 0 Å². The molecule has 0 saturated carbocycles. The topological polar surface area (TPSA) is 92.1 Å². The van der Waals surface area contributed by atoms with Crippen molar-refractivity contribution < 1.29 is 9.90 Å². The number of urea groups is 1. The molecule has 2 amide bonds. The lowest BCUT2D eigenvalue weighted by atomic mass is 9.89. The maximum atomic E-state index is 12.1. The van der Waals surface area contributed by atoms with E-state index in [9.17, 15) is 9.90 Å². The van der Waals surface area contributed by atoms with Crippen LogP contribution in [0.15, 0.2) is 24.3 Å². The molecule has 1 aliphatic rings. The molecule has 0 aliphatic carbocycles. The van der Waals surface area contributed by atoms with Gasteiger partial charge in [0.25, 0.3) is 0 Å². The number of hydrogen-bond donors (Lipinski definition) is 3. The Morgan fingerprint density at radius 2 is 2.16 bits per heavy atom. The molecular weight excluding hydrogens is 318 g/mol. The average molecular weight is 343 g/mol.